The first-order valence-corrected chi connectivity index (χ1v) is 12.6. The summed E-state index contributed by atoms with van der Waals surface area (Å²) in [5.41, 5.74) is 2.88. The van der Waals surface area contributed by atoms with Crippen LogP contribution in [0.3, 0.4) is 0 Å². The fraction of sp³-hybridized carbons (Fsp3) is 0.240. The fourth-order valence-electron chi connectivity index (χ4n) is 4.03. The molecule has 0 saturated heterocycles. The summed E-state index contributed by atoms with van der Waals surface area (Å²) < 4.78 is 13.1. The Morgan fingerprint density at radius 3 is 2.76 bits per heavy atom. The number of aryl methyl sites for hydroxylation is 2. The van der Waals surface area contributed by atoms with Gasteiger partial charge >= 0.3 is 0 Å². The molecule has 5 rings (SSSR count). The van der Waals surface area contributed by atoms with Crippen LogP contribution in [0.25, 0.3) is 32.2 Å². The Kier molecular flexibility index (Phi) is 5.83. The summed E-state index contributed by atoms with van der Waals surface area (Å²) in [6.07, 6.45) is 0. The largest absolute Gasteiger partial charge is 0.495 e. The van der Waals surface area contributed by atoms with Gasteiger partial charge in [0.15, 0.2) is 5.16 Å². The number of thiophene rings is 1. The number of methoxy groups -OCH3 is 1. The molecule has 5 aromatic rings. The number of aromatic nitrogens is 2. The zero-order valence-corrected chi connectivity index (χ0v) is 20.9. The van der Waals surface area contributed by atoms with Gasteiger partial charge in [-0.2, -0.15) is 0 Å². The molecule has 0 fully saturated rings. The van der Waals surface area contributed by atoms with E-state index in [1.807, 2.05) is 51.1 Å². The van der Waals surface area contributed by atoms with Crippen molar-refractivity contribution in [3.63, 3.8) is 0 Å². The number of fused-ring (bicyclic) bond motifs is 4. The van der Waals surface area contributed by atoms with Gasteiger partial charge in [0.1, 0.15) is 21.7 Å². The molecule has 0 bridgehead atoms. The summed E-state index contributed by atoms with van der Waals surface area (Å²) in [7, 11) is 1.57. The van der Waals surface area contributed by atoms with Gasteiger partial charge in [-0.05, 0) is 38.5 Å². The first kappa shape index (κ1) is 22.5. The zero-order valence-electron chi connectivity index (χ0n) is 19.2. The Labute approximate surface area is 203 Å². The lowest BCUT2D eigenvalue weighted by atomic mass is 10.1. The molecule has 2 aromatic carbocycles. The first-order chi connectivity index (χ1) is 16.4. The molecule has 0 saturated carbocycles. The number of benzene rings is 2. The van der Waals surface area contributed by atoms with Crippen molar-refractivity contribution >= 4 is 66.8 Å². The van der Waals surface area contributed by atoms with E-state index in [0.29, 0.717) is 38.9 Å². The molecule has 174 valence electrons. The number of thioether (sulfide) groups is 1. The number of ether oxygens (including phenoxy) is 1. The monoisotopic (exact) mass is 493 g/mol. The highest BCUT2D eigenvalue weighted by molar-refractivity contribution is 7.99. The predicted molar refractivity (Wildman–Crippen MR) is 139 cm³/mol. The van der Waals surface area contributed by atoms with Gasteiger partial charge in [0.25, 0.3) is 5.56 Å². The maximum Gasteiger partial charge on any atom is 0.263 e. The second-order valence-electron chi connectivity index (χ2n) is 7.89. The van der Waals surface area contributed by atoms with Crippen LogP contribution in [0.4, 0.5) is 5.69 Å². The number of nitrogens with zero attached hydrogens (tertiary/aromatic N) is 2. The SMILES string of the molecule is CCn1c(SCC(=O)Nc2cc3oc4ccccc4c3cc2OC)nc2sc(C)c(C)c2c1=O. The Bertz CT molecular complexity index is 1630. The minimum atomic E-state index is -0.227. The van der Waals surface area contributed by atoms with Crippen molar-refractivity contribution in [1.82, 2.24) is 9.55 Å². The number of hydrogen-bond donors (Lipinski definition) is 1. The van der Waals surface area contributed by atoms with Gasteiger partial charge in [-0.1, -0.05) is 30.0 Å². The van der Waals surface area contributed by atoms with Crippen LogP contribution in [0, 0.1) is 13.8 Å². The second-order valence-corrected chi connectivity index (χ2v) is 10.0. The van der Waals surface area contributed by atoms with E-state index in [0.717, 1.165) is 26.8 Å². The molecule has 1 amide bonds. The number of para-hydroxylation sites is 1. The van der Waals surface area contributed by atoms with Crippen LogP contribution >= 0.6 is 23.1 Å². The molecular formula is C25H23N3O4S2. The smallest absolute Gasteiger partial charge is 0.263 e. The third kappa shape index (κ3) is 3.74. The number of carbonyl (C=O) groups excluding carboxylic acids is 1. The number of carbonyl (C=O) groups is 1. The molecule has 34 heavy (non-hydrogen) atoms. The second kappa shape index (κ2) is 8.81. The van der Waals surface area contributed by atoms with E-state index in [-0.39, 0.29) is 17.2 Å². The van der Waals surface area contributed by atoms with E-state index in [4.69, 9.17) is 14.1 Å². The van der Waals surface area contributed by atoms with E-state index in [2.05, 4.69) is 5.32 Å². The fourth-order valence-corrected chi connectivity index (χ4v) is 5.97. The minimum Gasteiger partial charge on any atom is -0.495 e. The maximum atomic E-state index is 13.0. The Hall–Kier alpha value is -3.30. The highest BCUT2D eigenvalue weighted by Crippen LogP contribution is 2.36. The summed E-state index contributed by atoms with van der Waals surface area (Å²) in [6, 6.07) is 11.4. The molecule has 9 heteroatoms. The number of rotatable bonds is 6. The minimum absolute atomic E-state index is 0.0609. The molecule has 3 heterocycles. The summed E-state index contributed by atoms with van der Waals surface area (Å²) in [4.78, 5) is 32.3. The number of amides is 1. The van der Waals surface area contributed by atoms with Gasteiger partial charge in [-0.25, -0.2) is 4.98 Å². The normalized spacial score (nSPS) is 11.5. The van der Waals surface area contributed by atoms with Gasteiger partial charge in [-0.15, -0.1) is 11.3 Å². The molecule has 0 radical (unpaired) electrons. The highest BCUT2D eigenvalue weighted by Gasteiger charge is 2.18. The van der Waals surface area contributed by atoms with Crippen molar-refractivity contribution in [1.29, 1.82) is 0 Å². The molecule has 0 aliphatic heterocycles. The van der Waals surface area contributed by atoms with Crippen molar-refractivity contribution in [2.24, 2.45) is 0 Å². The van der Waals surface area contributed by atoms with Crippen LogP contribution in [0.1, 0.15) is 17.4 Å². The number of anilines is 1. The van der Waals surface area contributed by atoms with Crippen LogP contribution in [0.5, 0.6) is 5.75 Å². The molecule has 0 spiro atoms. The van der Waals surface area contributed by atoms with E-state index < -0.39 is 0 Å². The van der Waals surface area contributed by atoms with Crippen LogP contribution in [0.15, 0.2) is 50.8 Å². The summed E-state index contributed by atoms with van der Waals surface area (Å²) in [5.74, 6) is 0.420. The van der Waals surface area contributed by atoms with E-state index in [1.165, 1.54) is 23.1 Å². The molecule has 0 aliphatic carbocycles. The maximum absolute atomic E-state index is 13.0. The standard InChI is InChI=1S/C25H23N3O4S2/c1-5-28-24(30)22-13(2)14(3)34-23(22)27-25(28)33-12-21(29)26-17-11-19-16(10-20(17)31-4)15-8-6-7-9-18(15)32-19/h6-11H,5,12H2,1-4H3,(H,26,29). The molecule has 0 aliphatic rings. The Morgan fingerprint density at radius 1 is 1.21 bits per heavy atom. The average Bonchev–Trinajstić information content (AvgIpc) is 3.33. The van der Waals surface area contributed by atoms with Crippen molar-refractivity contribution < 1.29 is 13.9 Å². The van der Waals surface area contributed by atoms with Crippen LogP contribution in [-0.4, -0.2) is 28.3 Å². The molecule has 7 nitrogen and oxygen atoms in total. The molecule has 3 aromatic heterocycles. The quantitative estimate of drug-likeness (QED) is 0.240. The number of furan rings is 1. The molecular weight excluding hydrogens is 470 g/mol. The average molecular weight is 494 g/mol. The third-order valence-electron chi connectivity index (χ3n) is 5.88. The predicted octanol–water partition coefficient (Wildman–Crippen LogP) is 5.73. The van der Waals surface area contributed by atoms with Crippen LogP contribution in [0.2, 0.25) is 0 Å². The van der Waals surface area contributed by atoms with Crippen molar-refractivity contribution in [2.45, 2.75) is 32.5 Å². The Morgan fingerprint density at radius 2 is 2.00 bits per heavy atom. The van der Waals surface area contributed by atoms with Crippen molar-refractivity contribution in [2.75, 3.05) is 18.2 Å². The summed E-state index contributed by atoms with van der Waals surface area (Å²) in [6.45, 7) is 6.32. The first-order valence-electron chi connectivity index (χ1n) is 10.8. The van der Waals surface area contributed by atoms with Gasteiger partial charge in [0, 0.05) is 28.3 Å². The lowest BCUT2D eigenvalue weighted by Gasteiger charge is -2.12. The molecule has 0 atom stereocenters. The Balaban J connectivity index is 1.41. The molecule has 1 N–H and O–H groups in total. The van der Waals surface area contributed by atoms with E-state index in [1.54, 1.807) is 17.7 Å². The van der Waals surface area contributed by atoms with Crippen molar-refractivity contribution in [3.05, 3.63) is 57.2 Å². The van der Waals surface area contributed by atoms with E-state index >= 15 is 0 Å². The van der Waals surface area contributed by atoms with E-state index in [9.17, 15) is 9.59 Å². The lowest BCUT2D eigenvalue weighted by Crippen LogP contribution is -2.23. The van der Waals surface area contributed by atoms with Crippen molar-refractivity contribution in [3.8, 4) is 5.75 Å². The summed E-state index contributed by atoms with van der Waals surface area (Å²) >= 11 is 2.75. The highest BCUT2D eigenvalue weighted by atomic mass is 32.2. The number of hydrogen-bond acceptors (Lipinski definition) is 7. The lowest BCUT2D eigenvalue weighted by molar-refractivity contribution is -0.113. The van der Waals surface area contributed by atoms with Gasteiger partial charge in [0.2, 0.25) is 5.91 Å². The molecule has 0 unspecified atom stereocenters. The third-order valence-corrected chi connectivity index (χ3v) is 7.95. The van der Waals surface area contributed by atoms with Crippen LogP contribution < -0.4 is 15.6 Å². The summed E-state index contributed by atoms with van der Waals surface area (Å²) in [5, 5.41) is 6.03. The zero-order chi connectivity index (χ0) is 24.0. The van der Waals surface area contributed by atoms with Gasteiger partial charge < -0.3 is 14.5 Å². The van der Waals surface area contributed by atoms with Gasteiger partial charge in [0.05, 0.1) is 23.9 Å². The van der Waals surface area contributed by atoms with Gasteiger partial charge in [-0.3, -0.25) is 14.2 Å². The number of nitrogens with one attached hydrogen (secondary N) is 1. The van der Waals surface area contributed by atoms with Crippen LogP contribution in [-0.2, 0) is 11.3 Å². The topological polar surface area (TPSA) is 86.4 Å².